The maximum atomic E-state index is 4.45. The van der Waals surface area contributed by atoms with Crippen molar-refractivity contribution in [3.63, 3.8) is 0 Å². The van der Waals surface area contributed by atoms with Crippen LogP contribution in [-0.2, 0) is 0 Å². The molecule has 3 heterocycles. The molecular formula is C11H11N3S. The summed E-state index contributed by atoms with van der Waals surface area (Å²) in [5.74, 6) is 0. The number of aromatic nitrogens is 2. The minimum absolute atomic E-state index is 0.956. The molecule has 3 rings (SSSR count). The van der Waals surface area contributed by atoms with E-state index in [0.717, 1.165) is 30.7 Å². The Morgan fingerprint density at radius 3 is 3.20 bits per heavy atom. The molecule has 15 heavy (non-hydrogen) atoms. The van der Waals surface area contributed by atoms with Crippen LogP contribution in [0.4, 0.5) is 0 Å². The first-order valence-corrected chi connectivity index (χ1v) is 5.91. The maximum Gasteiger partial charge on any atom is 0.0995 e. The van der Waals surface area contributed by atoms with Gasteiger partial charge in [0.2, 0.25) is 0 Å². The molecule has 0 bridgehead atoms. The minimum atomic E-state index is 0.956. The van der Waals surface area contributed by atoms with Crippen LogP contribution >= 0.6 is 11.3 Å². The van der Waals surface area contributed by atoms with Gasteiger partial charge in [-0.1, -0.05) is 6.08 Å². The molecule has 2 aromatic rings. The summed E-state index contributed by atoms with van der Waals surface area (Å²) < 4.78 is 1.22. The van der Waals surface area contributed by atoms with Crippen LogP contribution in [0.25, 0.3) is 15.8 Å². The summed E-state index contributed by atoms with van der Waals surface area (Å²) in [4.78, 5) is 8.68. The summed E-state index contributed by atoms with van der Waals surface area (Å²) in [6.07, 6.45) is 5.15. The molecule has 1 aliphatic heterocycles. The molecule has 0 aromatic carbocycles. The number of pyridine rings is 1. The summed E-state index contributed by atoms with van der Waals surface area (Å²) in [5.41, 5.74) is 5.32. The van der Waals surface area contributed by atoms with E-state index in [0.29, 0.717) is 0 Å². The lowest BCUT2D eigenvalue weighted by Gasteiger charge is -2.13. The number of nitrogens with one attached hydrogen (secondary N) is 1. The predicted molar refractivity (Wildman–Crippen MR) is 62.9 cm³/mol. The fourth-order valence-electron chi connectivity index (χ4n) is 1.79. The topological polar surface area (TPSA) is 37.8 Å². The zero-order chi connectivity index (χ0) is 10.1. The van der Waals surface area contributed by atoms with Gasteiger partial charge >= 0.3 is 0 Å². The third-order valence-electron chi connectivity index (χ3n) is 2.61. The predicted octanol–water partition coefficient (Wildman–Crippen LogP) is 2.07. The van der Waals surface area contributed by atoms with Crippen LogP contribution in [0.15, 0.2) is 23.8 Å². The Labute approximate surface area is 91.9 Å². The second-order valence-electron chi connectivity index (χ2n) is 3.57. The van der Waals surface area contributed by atoms with Crippen LogP contribution in [0, 0.1) is 0 Å². The van der Waals surface area contributed by atoms with Gasteiger partial charge in [0.05, 0.1) is 27.6 Å². The van der Waals surface area contributed by atoms with Crippen molar-refractivity contribution in [2.24, 2.45) is 0 Å². The lowest BCUT2D eigenvalue weighted by molar-refractivity contribution is 0.737. The van der Waals surface area contributed by atoms with Crippen molar-refractivity contribution in [1.82, 2.24) is 15.3 Å². The number of hydrogen-bond donors (Lipinski definition) is 1. The Hall–Kier alpha value is -1.26. The van der Waals surface area contributed by atoms with Crippen LogP contribution < -0.4 is 5.32 Å². The van der Waals surface area contributed by atoms with E-state index in [2.05, 4.69) is 27.4 Å². The van der Waals surface area contributed by atoms with Crippen molar-refractivity contribution in [3.8, 4) is 0 Å². The first kappa shape index (κ1) is 9.00. The second kappa shape index (κ2) is 3.72. The average molecular weight is 217 g/mol. The van der Waals surface area contributed by atoms with Crippen LogP contribution in [0.5, 0.6) is 0 Å². The van der Waals surface area contributed by atoms with E-state index >= 15 is 0 Å². The number of fused-ring (bicyclic) bond motifs is 1. The molecule has 0 aliphatic carbocycles. The molecule has 76 valence electrons. The molecule has 0 saturated carbocycles. The number of rotatable bonds is 1. The molecular weight excluding hydrogens is 206 g/mol. The zero-order valence-corrected chi connectivity index (χ0v) is 9.05. The van der Waals surface area contributed by atoms with Crippen molar-refractivity contribution < 1.29 is 0 Å². The standard InChI is InChI=1S/C11H11N3S/c1-3-12-4-2-8(1)9-5-11-10(6-13-9)14-7-15-11/h1,5-7,12H,2-4H2. The first-order valence-electron chi connectivity index (χ1n) is 5.03. The third kappa shape index (κ3) is 1.66. The van der Waals surface area contributed by atoms with Gasteiger partial charge < -0.3 is 5.32 Å². The van der Waals surface area contributed by atoms with Crippen LogP contribution in [0.3, 0.4) is 0 Å². The largest absolute Gasteiger partial charge is 0.313 e. The van der Waals surface area contributed by atoms with Gasteiger partial charge in [-0.25, -0.2) is 4.98 Å². The highest BCUT2D eigenvalue weighted by Gasteiger charge is 2.08. The minimum Gasteiger partial charge on any atom is -0.313 e. The molecule has 0 saturated heterocycles. The smallest absolute Gasteiger partial charge is 0.0995 e. The SMILES string of the molecule is C1=C(c2cc3scnc3cn2)CCNC1. The monoisotopic (exact) mass is 217 g/mol. The van der Waals surface area contributed by atoms with Gasteiger partial charge in [0.15, 0.2) is 0 Å². The Morgan fingerprint density at radius 2 is 2.33 bits per heavy atom. The van der Waals surface area contributed by atoms with Crippen LogP contribution in [0.2, 0.25) is 0 Å². The molecule has 0 amide bonds. The van der Waals surface area contributed by atoms with Crippen molar-refractivity contribution >= 4 is 27.1 Å². The Bertz CT molecular complexity index is 515. The van der Waals surface area contributed by atoms with Crippen LogP contribution in [-0.4, -0.2) is 23.1 Å². The molecule has 3 nitrogen and oxygen atoms in total. The molecule has 0 atom stereocenters. The second-order valence-corrected chi connectivity index (χ2v) is 4.46. The van der Waals surface area contributed by atoms with Crippen molar-refractivity contribution in [1.29, 1.82) is 0 Å². The van der Waals surface area contributed by atoms with E-state index in [9.17, 15) is 0 Å². The maximum absolute atomic E-state index is 4.45. The van der Waals surface area contributed by atoms with E-state index in [1.165, 1.54) is 10.3 Å². The molecule has 0 spiro atoms. The van der Waals surface area contributed by atoms with Crippen molar-refractivity contribution in [3.05, 3.63) is 29.5 Å². The van der Waals surface area contributed by atoms with Gasteiger partial charge in [0.1, 0.15) is 0 Å². The molecule has 0 fully saturated rings. The highest BCUT2D eigenvalue weighted by Crippen LogP contribution is 2.23. The lowest BCUT2D eigenvalue weighted by Crippen LogP contribution is -2.20. The number of nitrogens with zero attached hydrogens (tertiary/aromatic N) is 2. The lowest BCUT2D eigenvalue weighted by atomic mass is 10.1. The summed E-state index contributed by atoms with van der Waals surface area (Å²) in [5, 5.41) is 3.30. The summed E-state index contributed by atoms with van der Waals surface area (Å²) in [6, 6.07) is 2.14. The molecule has 4 heteroatoms. The normalized spacial score (nSPS) is 16.7. The van der Waals surface area contributed by atoms with Gasteiger partial charge in [0, 0.05) is 6.54 Å². The summed E-state index contributed by atoms with van der Waals surface area (Å²) >= 11 is 1.67. The number of thiazole rings is 1. The highest BCUT2D eigenvalue weighted by atomic mass is 32.1. The van der Waals surface area contributed by atoms with E-state index in [-0.39, 0.29) is 0 Å². The van der Waals surface area contributed by atoms with Crippen molar-refractivity contribution in [2.75, 3.05) is 13.1 Å². The average Bonchev–Trinajstić information content (AvgIpc) is 2.77. The first-order chi connectivity index (χ1) is 7.43. The Kier molecular flexibility index (Phi) is 2.23. The van der Waals surface area contributed by atoms with E-state index in [1.807, 2.05) is 11.7 Å². The molecule has 1 N–H and O–H groups in total. The molecule has 2 aromatic heterocycles. The van der Waals surface area contributed by atoms with E-state index in [4.69, 9.17) is 0 Å². The highest BCUT2D eigenvalue weighted by molar-refractivity contribution is 7.16. The zero-order valence-electron chi connectivity index (χ0n) is 8.23. The Balaban J connectivity index is 2.06. The van der Waals surface area contributed by atoms with Crippen molar-refractivity contribution in [2.45, 2.75) is 6.42 Å². The molecule has 0 unspecified atom stereocenters. The van der Waals surface area contributed by atoms with E-state index in [1.54, 1.807) is 11.3 Å². The number of hydrogen-bond acceptors (Lipinski definition) is 4. The van der Waals surface area contributed by atoms with Gasteiger partial charge in [0.25, 0.3) is 0 Å². The van der Waals surface area contributed by atoms with Gasteiger partial charge in [-0.15, -0.1) is 11.3 Å². The van der Waals surface area contributed by atoms with E-state index < -0.39 is 0 Å². The molecule has 1 aliphatic rings. The quantitative estimate of drug-likeness (QED) is 0.794. The van der Waals surface area contributed by atoms with Gasteiger partial charge in [-0.2, -0.15) is 0 Å². The van der Waals surface area contributed by atoms with Crippen LogP contribution in [0.1, 0.15) is 12.1 Å². The summed E-state index contributed by atoms with van der Waals surface area (Å²) in [6.45, 7) is 2.01. The van der Waals surface area contributed by atoms with Gasteiger partial charge in [-0.05, 0) is 24.6 Å². The summed E-state index contributed by atoms with van der Waals surface area (Å²) in [7, 11) is 0. The van der Waals surface area contributed by atoms with Gasteiger partial charge in [-0.3, -0.25) is 4.98 Å². The Morgan fingerprint density at radius 1 is 1.33 bits per heavy atom. The molecule has 0 radical (unpaired) electrons. The fraction of sp³-hybridized carbons (Fsp3) is 0.273. The fourth-order valence-corrected chi connectivity index (χ4v) is 2.48. The third-order valence-corrected chi connectivity index (χ3v) is 3.40.